The van der Waals surface area contributed by atoms with E-state index in [2.05, 4.69) is 9.93 Å². The number of nitrogens with zero attached hydrogens (tertiary/aromatic N) is 2. The minimum Gasteiger partial charge on any atom is -0.494 e. The molecular weight excluding hydrogens is 346 g/mol. The fraction of sp³-hybridized carbons (Fsp3) is 0.500. The highest BCUT2D eigenvalue weighted by molar-refractivity contribution is 7.89. The predicted octanol–water partition coefficient (Wildman–Crippen LogP) is 1.97. The first-order valence-corrected chi connectivity index (χ1v) is 9.66. The fourth-order valence-electron chi connectivity index (χ4n) is 2.33. The maximum absolute atomic E-state index is 12.3. The molecule has 1 N–H and O–H groups in total. The molecule has 0 unspecified atom stereocenters. The van der Waals surface area contributed by atoms with Gasteiger partial charge in [0, 0.05) is 31.6 Å². The number of carbonyl (C=O) groups excluding carboxylic acids is 1. The summed E-state index contributed by atoms with van der Waals surface area (Å²) in [6.45, 7) is 5.38. The van der Waals surface area contributed by atoms with E-state index in [1.807, 2.05) is 6.92 Å². The van der Waals surface area contributed by atoms with Gasteiger partial charge >= 0.3 is 6.09 Å². The number of hydrogen-bond acceptors (Lipinski definition) is 6. The van der Waals surface area contributed by atoms with Gasteiger partial charge in [-0.25, -0.2) is 9.63 Å². The second kappa shape index (κ2) is 8.70. The van der Waals surface area contributed by atoms with Crippen molar-refractivity contribution in [3.05, 3.63) is 24.3 Å². The number of hydrogen-bond donors (Lipinski definition) is 1. The van der Waals surface area contributed by atoms with Crippen LogP contribution in [-0.2, 0) is 14.8 Å². The lowest BCUT2D eigenvalue weighted by molar-refractivity contribution is 0.107. The van der Waals surface area contributed by atoms with Crippen molar-refractivity contribution in [2.24, 2.45) is 5.10 Å². The van der Waals surface area contributed by atoms with E-state index in [1.165, 1.54) is 12.1 Å². The molecule has 0 radical (unpaired) electrons. The summed E-state index contributed by atoms with van der Waals surface area (Å²) < 4.78 is 34.7. The van der Waals surface area contributed by atoms with Crippen LogP contribution in [0.2, 0.25) is 0 Å². The molecule has 1 aromatic rings. The molecule has 8 nitrogen and oxygen atoms in total. The molecule has 0 atom stereocenters. The van der Waals surface area contributed by atoms with Gasteiger partial charge in [0.05, 0.1) is 18.1 Å². The molecule has 0 aliphatic carbocycles. The summed E-state index contributed by atoms with van der Waals surface area (Å²) in [4.78, 5) is 15.6. The Morgan fingerprint density at radius 1 is 1.16 bits per heavy atom. The van der Waals surface area contributed by atoms with Crippen LogP contribution in [0.15, 0.2) is 34.3 Å². The summed E-state index contributed by atoms with van der Waals surface area (Å²) in [7, 11) is -3.73. The van der Waals surface area contributed by atoms with Gasteiger partial charge in [0.1, 0.15) is 5.75 Å². The highest BCUT2D eigenvalue weighted by atomic mass is 32.2. The SMILES string of the molecule is CCOC(=O)N1CCC(=NNS(=O)(=O)c2ccc(OCC)cc2)CC1. The van der Waals surface area contributed by atoms with Crippen LogP contribution in [0.5, 0.6) is 5.75 Å². The summed E-state index contributed by atoms with van der Waals surface area (Å²) >= 11 is 0. The van der Waals surface area contributed by atoms with Gasteiger partial charge in [-0.1, -0.05) is 0 Å². The van der Waals surface area contributed by atoms with E-state index in [-0.39, 0.29) is 11.0 Å². The summed E-state index contributed by atoms with van der Waals surface area (Å²) in [5, 5.41) is 4.00. The lowest BCUT2D eigenvalue weighted by Crippen LogP contribution is -2.39. The van der Waals surface area contributed by atoms with Gasteiger partial charge in [-0.05, 0) is 38.1 Å². The summed E-state index contributed by atoms with van der Waals surface area (Å²) in [5.74, 6) is 0.610. The van der Waals surface area contributed by atoms with Crippen molar-refractivity contribution < 1.29 is 22.7 Å². The van der Waals surface area contributed by atoms with Crippen molar-refractivity contribution >= 4 is 21.8 Å². The van der Waals surface area contributed by atoms with Gasteiger partial charge in [-0.2, -0.15) is 13.5 Å². The second-order valence-electron chi connectivity index (χ2n) is 5.36. The van der Waals surface area contributed by atoms with Crippen LogP contribution in [0.4, 0.5) is 4.79 Å². The van der Waals surface area contributed by atoms with E-state index in [9.17, 15) is 13.2 Å². The molecule has 0 bridgehead atoms. The van der Waals surface area contributed by atoms with Crippen LogP contribution >= 0.6 is 0 Å². The molecule has 0 spiro atoms. The van der Waals surface area contributed by atoms with Gasteiger partial charge in [-0.3, -0.25) is 0 Å². The third kappa shape index (κ3) is 5.35. The van der Waals surface area contributed by atoms with Crippen molar-refractivity contribution in [3.63, 3.8) is 0 Å². The molecule has 1 heterocycles. The lowest BCUT2D eigenvalue weighted by Gasteiger charge is -2.26. The lowest BCUT2D eigenvalue weighted by atomic mass is 10.1. The number of amides is 1. The molecule has 0 aromatic heterocycles. The van der Waals surface area contributed by atoms with Crippen molar-refractivity contribution in [3.8, 4) is 5.75 Å². The van der Waals surface area contributed by atoms with Gasteiger partial charge in [0.2, 0.25) is 0 Å². The van der Waals surface area contributed by atoms with Crippen LogP contribution in [0, 0.1) is 0 Å². The molecule has 1 aromatic carbocycles. The minimum absolute atomic E-state index is 0.115. The van der Waals surface area contributed by atoms with Gasteiger partial charge in [0.15, 0.2) is 0 Å². The van der Waals surface area contributed by atoms with Crippen molar-refractivity contribution in [2.45, 2.75) is 31.6 Å². The normalized spacial score (nSPS) is 14.8. The van der Waals surface area contributed by atoms with Crippen LogP contribution in [0.3, 0.4) is 0 Å². The van der Waals surface area contributed by atoms with E-state index >= 15 is 0 Å². The Kier molecular flexibility index (Phi) is 6.63. The van der Waals surface area contributed by atoms with E-state index in [1.54, 1.807) is 24.0 Å². The van der Waals surface area contributed by atoms with Crippen LogP contribution in [0.25, 0.3) is 0 Å². The van der Waals surface area contributed by atoms with Crippen molar-refractivity contribution in [1.29, 1.82) is 0 Å². The van der Waals surface area contributed by atoms with E-state index in [0.29, 0.717) is 50.6 Å². The average Bonchev–Trinajstić information content (AvgIpc) is 2.61. The van der Waals surface area contributed by atoms with Gasteiger partial charge in [0.25, 0.3) is 10.0 Å². The third-order valence-electron chi connectivity index (χ3n) is 3.64. The number of likely N-dealkylation sites (tertiary alicyclic amines) is 1. The first kappa shape index (κ1) is 19.0. The Morgan fingerprint density at radius 3 is 2.36 bits per heavy atom. The second-order valence-corrected chi connectivity index (χ2v) is 7.02. The molecule has 0 saturated carbocycles. The molecule has 1 fully saturated rings. The molecule has 1 saturated heterocycles. The van der Waals surface area contributed by atoms with Gasteiger partial charge < -0.3 is 14.4 Å². The maximum atomic E-state index is 12.3. The summed E-state index contributed by atoms with van der Waals surface area (Å²) in [5.41, 5.74) is 0.704. The van der Waals surface area contributed by atoms with Crippen LogP contribution in [-0.4, -0.2) is 51.4 Å². The number of ether oxygens (including phenoxy) is 2. The highest BCUT2D eigenvalue weighted by Crippen LogP contribution is 2.16. The van der Waals surface area contributed by atoms with Crippen molar-refractivity contribution in [1.82, 2.24) is 9.73 Å². The zero-order chi connectivity index (χ0) is 18.3. The molecule has 1 aliphatic heterocycles. The number of rotatable bonds is 6. The predicted molar refractivity (Wildman–Crippen MR) is 93.2 cm³/mol. The van der Waals surface area contributed by atoms with Crippen molar-refractivity contribution in [2.75, 3.05) is 26.3 Å². The Morgan fingerprint density at radius 2 is 1.80 bits per heavy atom. The molecule has 138 valence electrons. The molecular formula is C16H23N3O5S. The smallest absolute Gasteiger partial charge is 0.409 e. The summed E-state index contributed by atoms with van der Waals surface area (Å²) in [6.07, 6.45) is 0.659. The monoisotopic (exact) mass is 369 g/mol. The van der Waals surface area contributed by atoms with E-state index in [4.69, 9.17) is 9.47 Å². The Balaban J connectivity index is 1.93. The zero-order valence-corrected chi connectivity index (χ0v) is 15.2. The number of hydrazone groups is 1. The number of nitrogens with one attached hydrogen (secondary N) is 1. The first-order chi connectivity index (χ1) is 12.0. The number of benzene rings is 1. The Labute approximate surface area is 147 Å². The Bertz CT molecular complexity index is 706. The summed E-state index contributed by atoms with van der Waals surface area (Å²) in [6, 6.07) is 6.14. The maximum Gasteiger partial charge on any atom is 0.409 e. The molecule has 9 heteroatoms. The number of carbonyl (C=O) groups is 1. The van der Waals surface area contributed by atoms with Gasteiger partial charge in [-0.15, -0.1) is 0 Å². The standard InChI is InChI=1S/C16H23N3O5S/c1-3-23-14-5-7-15(8-6-14)25(21,22)18-17-13-9-11-19(12-10-13)16(20)24-4-2/h5-8,18H,3-4,9-12H2,1-2H3. The zero-order valence-electron chi connectivity index (χ0n) is 14.4. The van der Waals surface area contributed by atoms with Crippen LogP contribution in [0.1, 0.15) is 26.7 Å². The van der Waals surface area contributed by atoms with Crippen LogP contribution < -0.4 is 9.57 Å². The highest BCUT2D eigenvalue weighted by Gasteiger charge is 2.21. The molecule has 2 rings (SSSR count). The molecule has 1 aliphatic rings. The fourth-order valence-corrected chi connectivity index (χ4v) is 3.18. The number of sulfonamides is 1. The Hall–Kier alpha value is -2.29. The molecule has 1 amide bonds. The minimum atomic E-state index is -3.73. The quantitative estimate of drug-likeness (QED) is 0.773. The first-order valence-electron chi connectivity index (χ1n) is 8.18. The van der Waals surface area contributed by atoms with E-state index in [0.717, 1.165) is 0 Å². The third-order valence-corrected chi connectivity index (χ3v) is 4.86. The molecule has 25 heavy (non-hydrogen) atoms. The number of piperidine rings is 1. The largest absolute Gasteiger partial charge is 0.494 e. The topological polar surface area (TPSA) is 97.3 Å². The van der Waals surface area contributed by atoms with E-state index < -0.39 is 10.0 Å². The average molecular weight is 369 g/mol.